The summed E-state index contributed by atoms with van der Waals surface area (Å²) in [6, 6.07) is -1.74. The van der Waals surface area contributed by atoms with Crippen molar-refractivity contribution in [3.63, 3.8) is 0 Å². The molecule has 0 spiro atoms. The summed E-state index contributed by atoms with van der Waals surface area (Å²) in [7, 11) is 0. The number of amides is 4. The lowest BCUT2D eigenvalue weighted by atomic mass is 9.94. The summed E-state index contributed by atoms with van der Waals surface area (Å²) < 4.78 is 4.62. The predicted octanol–water partition coefficient (Wildman–Crippen LogP) is -0.339. The SMILES string of the molecule is CC(C)C(=O)NC1CCC(C(=O)NCC(=O)N2CCC[C@H]2C(=O)N[C@H]2CC(=O)O[C@H]2O)=C(Cl)C1. The maximum absolute atomic E-state index is 12.7. The third-order valence-electron chi connectivity index (χ3n) is 6.23. The molecule has 0 aromatic heterocycles. The van der Waals surface area contributed by atoms with Gasteiger partial charge in [-0.1, -0.05) is 25.4 Å². The second-order valence-electron chi connectivity index (χ2n) is 9.11. The number of carbonyl (C=O) groups excluding carboxylic acids is 5. The van der Waals surface area contributed by atoms with Crippen LogP contribution in [0.5, 0.6) is 0 Å². The van der Waals surface area contributed by atoms with E-state index in [9.17, 15) is 29.1 Å². The first-order valence-corrected chi connectivity index (χ1v) is 11.9. The normalized spacial score (nSPS) is 27.0. The number of esters is 1. The van der Waals surface area contributed by atoms with Crippen LogP contribution in [0.4, 0.5) is 0 Å². The molecule has 0 aromatic rings. The summed E-state index contributed by atoms with van der Waals surface area (Å²) in [5, 5.41) is 18.1. The summed E-state index contributed by atoms with van der Waals surface area (Å²) >= 11 is 6.31. The standard InChI is InChI=1S/C22H31ClN4O7/c1-11(2)19(30)25-12-5-6-13(14(23)8-12)20(31)24-10-17(28)27-7-3-4-16(27)21(32)26-15-9-18(29)34-22(15)33/h11-12,15-16,22,33H,3-10H2,1-2H3,(H,24,31)(H,25,30)(H,26,32)/t12?,15-,16-,22+/m0/s1. The molecule has 2 saturated heterocycles. The van der Waals surface area contributed by atoms with E-state index in [1.807, 2.05) is 0 Å². The number of cyclic esters (lactones) is 1. The number of aliphatic hydroxyl groups is 1. The molecule has 0 saturated carbocycles. The van der Waals surface area contributed by atoms with E-state index in [4.69, 9.17) is 11.6 Å². The number of ether oxygens (including phenoxy) is 1. The number of nitrogens with zero attached hydrogens (tertiary/aromatic N) is 1. The van der Waals surface area contributed by atoms with Crippen molar-refractivity contribution in [2.75, 3.05) is 13.1 Å². The average Bonchev–Trinajstić information content (AvgIpc) is 3.38. The molecule has 3 rings (SSSR count). The lowest BCUT2D eigenvalue weighted by Crippen LogP contribution is -2.52. The van der Waals surface area contributed by atoms with Crippen LogP contribution in [0.3, 0.4) is 0 Å². The Hall–Kier alpha value is -2.66. The largest absolute Gasteiger partial charge is 0.434 e. The van der Waals surface area contributed by atoms with E-state index in [1.165, 1.54) is 4.90 Å². The van der Waals surface area contributed by atoms with Crippen LogP contribution in [-0.2, 0) is 28.7 Å². The number of halogens is 1. The predicted molar refractivity (Wildman–Crippen MR) is 120 cm³/mol. The summed E-state index contributed by atoms with van der Waals surface area (Å²) in [5.74, 6) is -2.17. The molecule has 4 N–H and O–H groups in total. The Kier molecular flexibility index (Phi) is 8.53. The zero-order chi connectivity index (χ0) is 25.0. The summed E-state index contributed by atoms with van der Waals surface area (Å²) in [5.41, 5.74) is 0.389. The zero-order valence-corrected chi connectivity index (χ0v) is 20.0. The molecule has 4 amide bonds. The highest BCUT2D eigenvalue weighted by Crippen LogP contribution is 2.28. The van der Waals surface area contributed by atoms with Gasteiger partial charge in [-0.25, -0.2) is 0 Å². The van der Waals surface area contributed by atoms with Gasteiger partial charge in [0, 0.05) is 35.5 Å². The highest BCUT2D eigenvalue weighted by atomic mass is 35.5. The number of hydrogen-bond acceptors (Lipinski definition) is 7. The van der Waals surface area contributed by atoms with E-state index in [2.05, 4.69) is 20.7 Å². The zero-order valence-electron chi connectivity index (χ0n) is 19.3. The molecule has 188 valence electrons. The number of rotatable bonds is 7. The third kappa shape index (κ3) is 6.26. The van der Waals surface area contributed by atoms with Gasteiger partial charge in [-0.15, -0.1) is 0 Å². The highest BCUT2D eigenvalue weighted by Gasteiger charge is 2.39. The Morgan fingerprint density at radius 1 is 1.18 bits per heavy atom. The molecule has 3 aliphatic rings. The van der Waals surface area contributed by atoms with E-state index in [-0.39, 0.29) is 30.8 Å². The van der Waals surface area contributed by atoms with Crippen molar-refractivity contribution < 1.29 is 33.8 Å². The lowest BCUT2D eigenvalue weighted by Gasteiger charge is -2.27. The molecule has 2 heterocycles. The number of hydrogen-bond donors (Lipinski definition) is 4. The van der Waals surface area contributed by atoms with Gasteiger partial charge in [0.2, 0.25) is 29.9 Å². The smallest absolute Gasteiger partial charge is 0.310 e. The van der Waals surface area contributed by atoms with Crippen molar-refractivity contribution in [2.24, 2.45) is 5.92 Å². The molecule has 2 aliphatic heterocycles. The van der Waals surface area contributed by atoms with Gasteiger partial charge < -0.3 is 30.7 Å². The summed E-state index contributed by atoms with van der Waals surface area (Å²) in [6.45, 7) is 3.66. The van der Waals surface area contributed by atoms with Crippen LogP contribution in [0.2, 0.25) is 0 Å². The molecule has 0 radical (unpaired) electrons. The Morgan fingerprint density at radius 3 is 2.53 bits per heavy atom. The first kappa shape index (κ1) is 26.0. The van der Waals surface area contributed by atoms with Gasteiger partial charge in [-0.3, -0.25) is 24.0 Å². The van der Waals surface area contributed by atoms with Crippen LogP contribution in [0.1, 0.15) is 52.4 Å². The first-order valence-electron chi connectivity index (χ1n) is 11.5. The second-order valence-corrected chi connectivity index (χ2v) is 9.57. The van der Waals surface area contributed by atoms with Crippen molar-refractivity contribution in [1.82, 2.24) is 20.9 Å². The Morgan fingerprint density at radius 2 is 1.91 bits per heavy atom. The molecule has 0 aromatic carbocycles. The van der Waals surface area contributed by atoms with Gasteiger partial charge in [0.25, 0.3) is 0 Å². The molecular formula is C22H31ClN4O7. The average molecular weight is 499 g/mol. The van der Waals surface area contributed by atoms with Crippen LogP contribution in [0, 0.1) is 5.92 Å². The van der Waals surface area contributed by atoms with E-state index in [0.29, 0.717) is 49.3 Å². The molecule has 4 atom stereocenters. The van der Waals surface area contributed by atoms with Gasteiger partial charge >= 0.3 is 5.97 Å². The molecular weight excluding hydrogens is 468 g/mol. The van der Waals surface area contributed by atoms with E-state index < -0.39 is 42.1 Å². The fourth-order valence-corrected chi connectivity index (χ4v) is 4.64. The van der Waals surface area contributed by atoms with Gasteiger partial charge in [-0.05, 0) is 25.7 Å². The van der Waals surface area contributed by atoms with E-state index >= 15 is 0 Å². The van der Waals surface area contributed by atoms with Crippen molar-refractivity contribution >= 4 is 41.2 Å². The third-order valence-corrected chi connectivity index (χ3v) is 6.61. The Bertz CT molecular complexity index is 890. The minimum Gasteiger partial charge on any atom is -0.434 e. The Labute approximate surface area is 202 Å². The van der Waals surface area contributed by atoms with Gasteiger partial charge in [0.1, 0.15) is 12.1 Å². The first-order chi connectivity index (χ1) is 16.1. The quantitative estimate of drug-likeness (QED) is 0.350. The number of nitrogens with one attached hydrogen (secondary N) is 3. The fraction of sp³-hybridized carbons (Fsp3) is 0.682. The minimum atomic E-state index is -1.41. The number of carbonyl (C=O) groups is 5. The number of likely N-dealkylation sites (tertiary alicyclic amines) is 1. The molecule has 2 fully saturated rings. The second kappa shape index (κ2) is 11.2. The van der Waals surface area contributed by atoms with Crippen LogP contribution in [-0.4, -0.2) is 77.1 Å². The van der Waals surface area contributed by atoms with Crippen LogP contribution >= 0.6 is 11.6 Å². The Balaban J connectivity index is 1.50. The topological polar surface area (TPSA) is 154 Å². The van der Waals surface area contributed by atoms with Gasteiger partial charge in [0.15, 0.2) is 0 Å². The fourth-order valence-electron chi connectivity index (χ4n) is 4.27. The molecule has 34 heavy (non-hydrogen) atoms. The monoisotopic (exact) mass is 498 g/mol. The maximum Gasteiger partial charge on any atom is 0.310 e. The van der Waals surface area contributed by atoms with Crippen molar-refractivity contribution in [3.8, 4) is 0 Å². The summed E-state index contributed by atoms with van der Waals surface area (Å²) in [4.78, 5) is 62.5. The molecule has 1 aliphatic carbocycles. The van der Waals surface area contributed by atoms with Crippen molar-refractivity contribution in [1.29, 1.82) is 0 Å². The van der Waals surface area contributed by atoms with E-state index in [1.54, 1.807) is 13.8 Å². The summed E-state index contributed by atoms with van der Waals surface area (Å²) in [6.07, 6.45) is 0.796. The maximum atomic E-state index is 12.7. The van der Waals surface area contributed by atoms with Crippen LogP contribution in [0.15, 0.2) is 10.6 Å². The number of aliphatic hydroxyl groups excluding tert-OH is 1. The highest BCUT2D eigenvalue weighted by molar-refractivity contribution is 6.32. The lowest BCUT2D eigenvalue weighted by molar-refractivity contribution is -0.155. The molecule has 11 nitrogen and oxygen atoms in total. The minimum absolute atomic E-state index is 0.0706. The molecule has 12 heteroatoms. The van der Waals surface area contributed by atoms with Crippen molar-refractivity contribution in [3.05, 3.63) is 10.6 Å². The van der Waals surface area contributed by atoms with E-state index in [0.717, 1.165) is 0 Å². The van der Waals surface area contributed by atoms with Crippen LogP contribution in [0.25, 0.3) is 0 Å². The van der Waals surface area contributed by atoms with Gasteiger partial charge in [0.05, 0.1) is 13.0 Å². The van der Waals surface area contributed by atoms with Crippen molar-refractivity contribution in [2.45, 2.75) is 76.8 Å². The molecule has 0 bridgehead atoms. The van der Waals surface area contributed by atoms with Crippen LogP contribution < -0.4 is 16.0 Å². The van der Waals surface area contributed by atoms with Gasteiger partial charge in [-0.2, -0.15) is 0 Å². The molecule has 1 unspecified atom stereocenters.